The van der Waals surface area contributed by atoms with E-state index < -0.39 is 0 Å². The van der Waals surface area contributed by atoms with E-state index in [4.69, 9.17) is 4.42 Å². The van der Waals surface area contributed by atoms with Gasteiger partial charge in [-0.05, 0) is 38.3 Å². The Labute approximate surface area is 148 Å². The molecule has 3 rings (SSSR count). The third-order valence-corrected chi connectivity index (χ3v) is 4.43. The van der Waals surface area contributed by atoms with E-state index in [0.717, 1.165) is 24.2 Å². The molecule has 0 bridgehead atoms. The Morgan fingerprint density at radius 3 is 2.52 bits per heavy atom. The van der Waals surface area contributed by atoms with E-state index in [1.807, 2.05) is 42.2 Å². The van der Waals surface area contributed by atoms with Crippen LogP contribution in [0.15, 0.2) is 40.8 Å². The summed E-state index contributed by atoms with van der Waals surface area (Å²) in [6.07, 6.45) is 2.32. The van der Waals surface area contributed by atoms with Crippen LogP contribution in [0.3, 0.4) is 0 Å². The van der Waals surface area contributed by atoms with E-state index in [1.165, 1.54) is 0 Å². The first-order valence-electron chi connectivity index (χ1n) is 8.73. The molecular formula is C20H24N2O3. The number of nitrogens with zero attached hydrogens (tertiary/aromatic N) is 1. The maximum Gasteiger partial charge on any atom is 0.257 e. The molecule has 1 aliphatic rings. The second kappa shape index (κ2) is 7.55. The monoisotopic (exact) mass is 340 g/mol. The van der Waals surface area contributed by atoms with Gasteiger partial charge in [-0.3, -0.25) is 9.59 Å². The van der Waals surface area contributed by atoms with Crippen molar-refractivity contribution in [1.29, 1.82) is 0 Å². The highest BCUT2D eigenvalue weighted by atomic mass is 16.3. The van der Waals surface area contributed by atoms with Crippen LogP contribution in [0.2, 0.25) is 0 Å². The first-order valence-corrected chi connectivity index (χ1v) is 8.73. The third-order valence-electron chi connectivity index (χ3n) is 4.43. The van der Waals surface area contributed by atoms with E-state index in [1.54, 1.807) is 13.0 Å². The topological polar surface area (TPSA) is 62.6 Å². The predicted molar refractivity (Wildman–Crippen MR) is 95.1 cm³/mol. The lowest BCUT2D eigenvalue weighted by Crippen LogP contribution is -2.36. The fraction of sp³-hybridized carbons (Fsp3) is 0.400. The van der Waals surface area contributed by atoms with Crippen LogP contribution in [-0.4, -0.2) is 29.3 Å². The Morgan fingerprint density at radius 1 is 1.20 bits per heavy atom. The van der Waals surface area contributed by atoms with Crippen molar-refractivity contribution in [2.45, 2.75) is 45.7 Å². The zero-order valence-electron chi connectivity index (χ0n) is 14.7. The van der Waals surface area contributed by atoms with Gasteiger partial charge < -0.3 is 14.6 Å². The van der Waals surface area contributed by atoms with Crippen molar-refractivity contribution in [3.63, 3.8) is 0 Å². The van der Waals surface area contributed by atoms with Crippen molar-refractivity contribution < 1.29 is 14.0 Å². The lowest BCUT2D eigenvalue weighted by Gasteiger charge is -2.22. The average Bonchev–Trinajstić information content (AvgIpc) is 3.38. The molecule has 1 N–H and O–H groups in total. The minimum atomic E-state index is -0.0394. The zero-order valence-corrected chi connectivity index (χ0v) is 14.7. The number of hydrogen-bond donors (Lipinski definition) is 1. The first kappa shape index (κ1) is 17.3. The van der Waals surface area contributed by atoms with Gasteiger partial charge in [-0.1, -0.05) is 30.3 Å². The maximum atomic E-state index is 12.8. The van der Waals surface area contributed by atoms with Crippen molar-refractivity contribution in [3.05, 3.63) is 59.0 Å². The summed E-state index contributed by atoms with van der Waals surface area (Å²) in [5, 5.41) is 2.91. The van der Waals surface area contributed by atoms with E-state index in [-0.39, 0.29) is 17.9 Å². The molecule has 0 unspecified atom stereocenters. The minimum Gasteiger partial charge on any atom is -0.466 e. The Kier molecular flexibility index (Phi) is 5.22. The number of rotatable bonds is 7. The van der Waals surface area contributed by atoms with Crippen LogP contribution in [-0.2, 0) is 11.3 Å². The Balaban J connectivity index is 1.54. The highest BCUT2D eigenvalue weighted by molar-refractivity contribution is 5.96. The van der Waals surface area contributed by atoms with Crippen molar-refractivity contribution in [2.75, 3.05) is 6.54 Å². The molecule has 0 atom stereocenters. The molecule has 132 valence electrons. The SMILES string of the molecule is Cc1cc(C(=O)N(CCC(=O)NCc2ccccc2)C2CC2)c(C)o1. The van der Waals surface area contributed by atoms with Gasteiger partial charge in [0.15, 0.2) is 0 Å². The van der Waals surface area contributed by atoms with Gasteiger partial charge in [0, 0.05) is 25.6 Å². The van der Waals surface area contributed by atoms with Gasteiger partial charge in [-0.25, -0.2) is 0 Å². The molecule has 0 saturated heterocycles. The summed E-state index contributed by atoms with van der Waals surface area (Å²) in [6, 6.07) is 11.8. The Morgan fingerprint density at radius 2 is 1.92 bits per heavy atom. The fourth-order valence-corrected chi connectivity index (χ4v) is 2.94. The van der Waals surface area contributed by atoms with E-state index >= 15 is 0 Å². The van der Waals surface area contributed by atoms with Gasteiger partial charge >= 0.3 is 0 Å². The summed E-state index contributed by atoms with van der Waals surface area (Å²) >= 11 is 0. The van der Waals surface area contributed by atoms with Gasteiger partial charge in [0.1, 0.15) is 11.5 Å². The highest BCUT2D eigenvalue weighted by Gasteiger charge is 2.34. The largest absolute Gasteiger partial charge is 0.466 e. The molecule has 1 heterocycles. The molecule has 2 amide bonds. The highest BCUT2D eigenvalue weighted by Crippen LogP contribution is 2.29. The van der Waals surface area contributed by atoms with Crippen molar-refractivity contribution >= 4 is 11.8 Å². The van der Waals surface area contributed by atoms with E-state index in [0.29, 0.717) is 30.8 Å². The fourth-order valence-electron chi connectivity index (χ4n) is 2.94. The summed E-state index contributed by atoms with van der Waals surface area (Å²) in [7, 11) is 0. The van der Waals surface area contributed by atoms with Crippen LogP contribution in [0.5, 0.6) is 0 Å². The molecular weight excluding hydrogens is 316 g/mol. The lowest BCUT2D eigenvalue weighted by atomic mass is 10.2. The van der Waals surface area contributed by atoms with Crippen LogP contribution in [0.4, 0.5) is 0 Å². The number of hydrogen-bond acceptors (Lipinski definition) is 3. The molecule has 1 aromatic carbocycles. The summed E-state index contributed by atoms with van der Waals surface area (Å²) in [5.74, 6) is 1.30. The first-order chi connectivity index (χ1) is 12.0. The van der Waals surface area contributed by atoms with Crippen molar-refractivity contribution in [1.82, 2.24) is 10.2 Å². The summed E-state index contributed by atoms with van der Waals surface area (Å²) < 4.78 is 5.47. The number of benzene rings is 1. The standard InChI is InChI=1S/C20H24N2O3/c1-14-12-18(15(2)25-14)20(24)22(17-8-9-17)11-10-19(23)21-13-16-6-4-3-5-7-16/h3-7,12,17H,8-11,13H2,1-2H3,(H,21,23). The number of amides is 2. The van der Waals surface area contributed by atoms with E-state index in [2.05, 4.69) is 5.32 Å². The second-order valence-corrected chi connectivity index (χ2v) is 6.57. The Hall–Kier alpha value is -2.56. The predicted octanol–water partition coefficient (Wildman–Crippen LogP) is 3.21. The maximum absolute atomic E-state index is 12.8. The van der Waals surface area contributed by atoms with Gasteiger partial charge in [-0.2, -0.15) is 0 Å². The van der Waals surface area contributed by atoms with Crippen LogP contribution in [0, 0.1) is 13.8 Å². The van der Waals surface area contributed by atoms with Crippen LogP contribution >= 0.6 is 0 Å². The summed E-state index contributed by atoms with van der Waals surface area (Å²) in [5.41, 5.74) is 1.67. The summed E-state index contributed by atoms with van der Waals surface area (Å²) in [4.78, 5) is 26.7. The van der Waals surface area contributed by atoms with Gasteiger partial charge in [0.25, 0.3) is 5.91 Å². The van der Waals surface area contributed by atoms with Crippen molar-refractivity contribution in [2.24, 2.45) is 0 Å². The quantitative estimate of drug-likeness (QED) is 0.842. The normalized spacial score (nSPS) is 13.5. The van der Waals surface area contributed by atoms with Crippen molar-refractivity contribution in [3.8, 4) is 0 Å². The number of aryl methyl sites for hydroxylation is 2. The summed E-state index contributed by atoms with van der Waals surface area (Å²) in [6.45, 7) is 4.59. The molecule has 1 aliphatic carbocycles. The molecule has 2 aromatic rings. The molecule has 0 radical (unpaired) electrons. The van der Waals surface area contributed by atoms with Crippen LogP contribution < -0.4 is 5.32 Å². The number of furan rings is 1. The number of carbonyl (C=O) groups excluding carboxylic acids is 2. The molecule has 1 saturated carbocycles. The van der Waals surface area contributed by atoms with Gasteiger partial charge in [0.2, 0.25) is 5.91 Å². The number of nitrogens with one attached hydrogen (secondary N) is 1. The molecule has 5 heteroatoms. The molecule has 25 heavy (non-hydrogen) atoms. The molecule has 0 aliphatic heterocycles. The number of carbonyl (C=O) groups is 2. The molecule has 1 fully saturated rings. The minimum absolute atomic E-state index is 0.0345. The van der Waals surface area contributed by atoms with Gasteiger partial charge in [0.05, 0.1) is 5.56 Å². The van der Waals surface area contributed by atoms with Crippen LogP contribution in [0.25, 0.3) is 0 Å². The molecule has 5 nitrogen and oxygen atoms in total. The van der Waals surface area contributed by atoms with E-state index in [9.17, 15) is 9.59 Å². The Bertz CT molecular complexity index is 748. The zero-order chi connectivity index (χ0) is 17.8. The smallest absolute Gasteiger partial charge is 0.257 e. The average molecular weight is 340 g/mol. The third kappa shape index (κ3) is 4.50. The molecule has 1 aromatic heterocycles. The molecule has 0 spiro atoms. The van der Waals surface area contributed by atoms with Crippen LogP contribution in [0.1, 0.15) is 46.7 Å². The second-order valence-electron chi connectivity index (χ2n) is 6.57. The van der Waals surface area contributed by atoms with Gasteiger partial charge in [-0.15, -0.1) is 0 Å². The lowest BCUT2D eigenvalue weighted by molar-refractivity contribution is -0.121.